The molecule has 0 aromatic carbocycles. The summed E-state index contributed by atoms with van der Waals surface area (Å²) in [6.45, 7) is 9.83. The Bertz CT molecular complexity index is 192. The Morgan fingerprint density at radius 1 is 1.40 bits per heavy atom. The Morgan fingerprint density at radius 2 is 2.20 bits per heavy atom. The molecule has 3 nitrogen and oxygen atoms in total. The van der Waals surface area contributed by atoms with Crippen LogP contribution < -0.4 is 5.32 Å². The predicted octanol–water partition coefficient (Wildman–Crippen LogP) is 1.10. The first-order chi connectivity index (χ1) is 7.25. The van der Waals surface area contributed by atoms with E-state index in [4.69, 9.17) is 4.74 Å². The van der Waals surface area contributed by atoms with Gasteiger partial charge in [0.25, 0.3) is 0 Å². The van der Waals surface area contributed by atoms with Crippen molar-refractivity contribution < 1.29 is 4.74 Å². The molecule has 15 heavy (non-hydrogen) atoms. The van der Waals surface area contributed by atoms with Crippen LogP contribution in [-0.4, -0.2) is 49.8 Å². The highest BCUT2D eigenvalue weighted by Gasteiger charge is 2.26. The quantitative estimate of drug-likeness (QED) is 0.738. The van der Waals surface area contributed by atoms with E-state index in [0.717, 1.165) is 38.3 Å². The first kappa shape index (κ1) is 11.4. The number of nitrogens with zero attached hydrogens (tertiary/aromatic N) is 1. The molecule has 1 aliphatic heterocycles. The maximum absolute atomic E-state index is 5.56. The molecule has 1 saturated heterocycles. The fraction of sp³-hybridized carbons (Fsp3) is 1.00. The van der Waals surface area contributed by atoms with Crippen LogP contribution in [0.3, 0.4) is 0 Å². The number of hydrogen-bond donors (Lipinski definition) is 1. The van der Waals surface area contributed by atoms with Crippen LogP contribution >= 0.6 is 0 Å². The van der Waals surface area contributed by atoms with Gasteiger partial charge in [0.1, 0.15) is 0 Å². The molecule has 1 N–H and O–H groups in total. The van der Waals surface area contributed by atoms with Gasteiger partial charge in [-0.1, -0.05) is 13.8 Å². The molecule has 2 aliphatic rings. The lowest BCUT2D eigenvalue weighted by Gasteiger charge is -2.36. The van der Waals surface area contributed by atoms with E-state index in [1.807, 2.05) is 0 Å². The summed E-state index contributed by atoms with van der Waals surface area (Å²) in [6.07, 6.45) is 2.75. The molecule has 2 rings (SSSR count). The summed E-state index contributed by atoms with van der Waals surface area (Å²) in [5.74, 6) is 0.756. The van der Waals surface area contributed by atoms with Crippen LogP contribution in [0, 0.1) is 5.92 Å². The molecule has 1 atom stereocenters. The second-order valence-corrected chi connectivity index (χ2v) is 5.30. The van der Waals surface area contributed by atoms with E-state index in [2.05, 4.69) is 24.1 Å². The van der Waals surface area contributed by atoms with E-state index in [9.17, 15) is 0 Å². The van der Waals surface area contributed by atoms with Crippen LogP contribution in [0.15, 0.2) is 0 Å². The first-order valence-corrected chi connectivity index (χ1v) is 6.31. The molecule has 0 aromatic rings. The van der Waals surface area contributed by atoms with Crippen LogP contribution in [0.2, 0.25) is 0 Å². The van der Waals surface area contributed by atoms with Crippen LogP contribution in [0.1, 0.15) is 26.7 Å². The molecule has 1 heterocycles. The Hall–Kier alpha value is -0.120. The number of nitrogens with one attached hydrogen (secondary N) is 1. The van der Waals surface area contributed by atoms with Gasteiger partial charge < -0.3 is 10.1 Å². The van der Waals surface area contributed by atoms with Crippen molar-refractivity contribution in [1.29, 1.82) is 0 Å². The average Bonchev–Trinajstić information content (AvgIpc) is 2.99. The minimum atomic E-state index is 0.599. The molecular formula is C12H24N2O. The van der Waals surface area contributed by atoms with E-state index in [0.29, 0.717) is 6.04 Å². The number of rotatable bonds is 5. The van der Waals surface area contributed by atoms with Crippen LogP contribution in [0.4, 0.5) is 0 Å². The highest BCUT2D eigenvalue weighted by Crippen LogP contribution is 2.19. The molecule has 2 fully saturated rings. The summed E-state index contributed by atoms with van der Waals surface area (Å²) in [5.41, 5.74) is 0. The van der Waals surface area contributed by atoms with Gasteiger partial charge in [0.05, 0.1) is 13.2 Å². The third kappa shape index (κ3) is 3.74. The standard InChI is InChI=1S/C12H24N2O/c1-10(2)8-14-5-6-15-9-12(14)7-13-11-3-4-11/h10-13H,3-9H2,1-2H3. The highest BCUT2D eigenvalue weighted by molar-refractivity contribution is 4.85. The molecule has 0 amide bonds. The van der Waals surface area contributed by atoms with Crippen LogP contribution in [0.5, 0.6) is 0 Å². The van der Waals surface area contributed by atoms with Crippen LogP contribution in [-0.2, 0) is 4.74 Å². The molecule has 1 saturated carbocycles. The molecule has 88 valence electrons. The van der Waals surface area contributed by atoms with Gasteiger partial charge in [0.2, 0.25) is 0 Å². The smallest absolute Gasteiger partial charge is 0.0634 e. The Balaban J connectivity index is 1.75. The fourth-order valence-electron chi connectivity index (χ4n) is 2.18. The van der Waals surface area contributed by atoms with E-state index in [1.165, 1.54) is 19.4 Å². The summed E-state index contributed by atoms with van der Waals surface area (Å²) >= 11 is 0. The number of ether oxygens (including phenoxy) is 1. The lowest BCUT2D eigenvalue weighted by Crippen LogP contribution is -2.51. The number of hydrogen-bond acceptors (Lipinski definition) is 3. The number of morpholine rings is 1. The van der Waals surface area contributed by atoms with Gasteiger partial charge in [-0.05, 0) is 18.8 Å². The van der Waals surface area contributed by atoms with Crippen molar-refractivity contribution in [3.63, 3.8) is 0 Å². The van der Waals surface area contributed by atoms with E-state index in [-0.39, 0.29) is 0 Å². The molecule has 0 aromatic heterocycles. The third-order valence-electron chi connectivity index (χ3n) is 3.17. The topological polar surface area (TPSA) is 24.5 Å². The van der Waals surface area contributed by atoms with Crippen molar-refractivity contribution in [3.8, 4) is 0 Å². The van der Waals surface area contributed by atoms with Gasteiger partial charge in [-0.3, -0.25) is 4.90 Å². The summed E-state index contributed by atoms with van der Waals surface area (Å²) in [7, 11) is 0. The van der Waals surface area contributed by atoms with Gasteiger partial charge >= 0.3 is 0 Å². The SMILES string of the molecule is CC(C)CN1CCOCC1CNC1CC1. The minimum absolute atomic E-state index is 0.599. The van der Waals surface area contributed by atoms with Crippen molar-refractivity contribution in [2.45, 2.75) is 38.8 Å². The van der Waals surface area contributed by atoms with Crippen molar-refractivity contribution in [2.24, 2.45) is 5.92 Å². The second-order valence-electron chi connectivity index (χ2n) is 5.30. The third-order valence-corrected chi connectivity index (χ3v) is 3.17. The monoisotopic (exact) mass is 212 g/mol. The van der Waals surface area contributed by atoms with Crippen molar-refractivity contribution in [2.75, 3.05) is 32.8 Å². The zero-order valence-corrected chi connectivity index (χ0v) is 10.0. The fourth-order valence-corrected chi connectivity index (χ4v) is 2.18. The molecule has 3 heteroatoms. The van der Waals surface area contributed by atoms with Gasteiger partial charge in [-0.2, -0.15) is 0 Å². The summed E-state index contributed by atoms with van der Waals surface area (Å²) in [5, 5.41) is 3.61. The van der Waals surface area contributed by atoms with E-state index in [1.54, 1.807) is 0 Å². The Morgan fingerprint density at radius 3 is 2.87 bits per heavy atom. The maximum atomic E-state index is 5.56. The van der Waals surface area contributed by atoms with E-state index >= 15 is 0 Å². The molecule has 0 spiro atoms. The van der Waals surface area contributed by atoms with Crippen molar-refractivity contribution >= 4 is 0 Å². The van der Waals surface area contributed by atoms with Gasteiger partial charge in [-0.15, -0.1) is 0 Å². The molecule has 1 unspecified atom stereocenters. The van der Waals surface area contributed by atoms with Gasteiger partial charge in [0.15, 0.2) is 0 Å². The van der Waals surface area contributed by atoms with Crippen molar-refractivity contribution in [1.82, 2.24) is 10.2 Å². The lowest BCUT2D eigenvalue weighted by molar-refractivity contribution is -0.0117. The molecule has 1 aliphatic carbocycles. The lowest BCUT2D eigenvalue weighted by atomic mass is 10.1. The van der Waals surface area contributed by atoms with Gasteiger partial charge in [0, 0.05) is 31.7 Å². The molecule has 0 radical (unpaired) electrons. The largest absolute Gasteiger partial charge is 0.378 e. The summed E-state index contributed by atoms with van der Waals surface area (Å²) < 4.78 is 5.56. The first-order valence-electron chi connectivity index (χ1n) is 6.31. The minimum Gasteiger partial charge on any atom is -0.378 e. The zero-order chi connectivity index (χ0) is 10.7. The summed E-state index contributed by atoms with van der Waals surface area (Å²) in [4.78, 5) is 2.59. The Labute approximate surface area is 93.2 Å². The van der Waals surface area contributed by atoms with Crippen LogP contribution in [0.25, 0.3) is 0 Å². The second kappa shape index (κ2) is 5.28. The Kier molecular flexibility index (Phi) is 4.00. The normalized spacial score (nSPS) is 28.6. The molecular weight excluding hydrogens is 188 g/mol. The predicted molar refractivity (Wildman–Crippen MR) is 62.0 cm³/mol. The van der Waals surface area contributed by atoms with E-state index < -0.39 is 0 Å². The zero-order valence-electron chi connectivity index (χ0n) is 10.0. The van der Waals surface area contributed by atoms with Gasteiger partial charge in [-0.25, -0.2) is 0 Å². The summed E-state index contributed by atoms with van der Waals surface area (Å²) in [6, 6.07) is 1.41. The average molecular weight is 212 g/mol. The van der Waals surface area contributed by atoms with Crippen molar-refractivity contribution in [3.05, 3.63) is 0 Å². The molecule has 0 bridgehead atoms. The highest BCUT2D eigenvalue weighted by atomic mass is 16.5. The maximum Gasteiger partial charge on any atom is 0.0634 e.